The molecule has 84 valence electrons. The fourth-order valence-corrected chi connectivity index (χ4v) is 2.57. The average molecular weight is 207 g/mol. The van der Waals surface area contributed by atoms with Crippen LogP contribution in [0.15, 0.2) is 18.3 Å². The molecule has 3 heteroatoms. The molecular formula is C12H21N3. The van der Waals surface area contributed by atoms with Gasteiger partial charge in [-0.15, -0.1) is 0 Å². The predicted molar refractivity (Wildman–Crippen MR) is 62.6 cm³/mol. The summed E-state index contributed by atoms with van der Waals surface area (Å²) in [6, 6.07) is 5.26. The summed E-state index contributed by atoms with van der Waals surface area (Å²) in [5, 5.41) is 0. The molecule has 1 aliphatic heterocycles. The van der Waals surface area contributed by atoms with Crippen molar-refractivity contribution in [2.24, 2.45) is 5.73 Å². The Hall–Kier alpha value is -0.800. The minimum atomic E-state index is 0.467. The Morgan fingerprint density at radius 2 is 2.47 bits per heavy atom. The van der Waals surface area contributed by atoms with Gasteiger partial charge in [0, 0.05) is 30.5 Å². The molecule has 1 aromatic heterocycles. The molecular weight excluding hydrogens is 186 g/mol. The highest BCUT2D eigenvalue weighted by Gasteiger charge is 2.26. The van der Waals surface area contributed by atoms with E-state index in [1.165, 1.54) is 31.5 Å². The highest BCUT2D eigenvalue weighted by molar-refractivity contribution is 5.09. The molecule has 0 radical (unpaired) electrons. The molecule has 3 nitrogen and oxygen atoms in total. The molecule has 1 aromatic rings. The Morgan fingerprint density at radius 3 is 3.13 bits per heavy atom. The Kier molecular flexibility index (Phi) is 3.44. The standard InChI is InChI=1S/C12H21N3/c1-10(12-6-4-7-14-12)15-8-3-2-5-11(15)9-13/h4,6-7,10-11,14H,2-3,5,8-9,13H2,1H3/t10-,11+/m1/s1. The molecule has 3 N–H and O–H groups in total. The highest BCUT2D eigenvalue weighted by Crippen LogP contribution is 2.26. The summed E-state index contributed by atoms with van der Waals surface area (Å²) in [5.74, 6) is 0. The molecule has 2 rings (SSSR count). The zero-order chi connectivity index (χ0) is 10.7. The molecule has 2 heterocycles. The van der Waals surface area contributed by atoms with Gasteiger partial charge in [-0.1, -0.05) is 6.42 Å². The number of hydrogen-bond acceptors (Lipinski definition) is 2. The van der Waals surface area contributed by atoms with E-state index in [1.807, 2.05) is 6.20 Å². The lowest BCUT2D eigenvalue weighted by atomic mass is 9.99. The third-order valence-electron chi connectivity index (χ3n) is 3.51. The van der Waals surface area contributed by atoms with Crippen molar-refractivity contribution >= 4 is 0 Å². The van der Waals surface area contributed by atoms with Gasteiger partial charge in [0.2, 0.25) is 0 Å². The lowest BCUT2D eigenvalue weighted by molar-refractivity contribution is 0.106. The highest BCUT2D eigenvalue weighted by atomic mass is 15.2. The Morgan fingerprint density at radius 1 is 1.60 bits per heavy atom. The van der Waals surface area contributed by atoms with E-state index in [2.05, 4.69) is 28.9 Å². The van der Waals surface area contributed by atoms with E-state index in [-0.39, 0.29) is 0 Å². The van der Waals surface area contributed by atoms with Crippen LogP contribution in [-0.4, -0.2) is 29.0 Å². The molecule has 0 saturated carbocycles. The lowest BCUT2D eigenvalue weighted by Gasteiger charge is -2.39. The van der Waals surface area contributed by atoms with Crippen LogP contribution in [-0.2, 0) is 0 Å². The first kappa shape index (κ1) is 10.7. The first-order valence-electron chi connectivity index (χ1n) is 5.92. The molecule has 0 unspecified atom stereocenters. The summed E-state index contributed by atoms with van der Waals surface area (Å²) >= 11 is 0. The number of rotatable bonds is 3. The summed E-state index contributed by atoms with van der Waals surface area (Å²) in [7, 11) is 0. The van der Waals surface area contributed by atoms with E-state index in [4.69, 9.17) is 5.73 Å². The van der Waals surface area contributed by atoms with Crippen LogP contribution in [0.1, 0.15) is 37.9 Å². The monoisotopic (exact) mass is 207 g/mol. The van der Waals surface area contributed by atoms with Gasteiger partial charge in [0.05, 0.1) is 0 Å². The third kappa shape index (κ3) is 2.24. The van der Waals surface area contributed by atoms with E-state index < -0.39 is 0 Å². The van der Waals surface area contributed by atoms with Gasteiger partial charge in [-0.3, -0.25) is 4.90 Å². The second kappa shape index (κ2) is 4.81. The fraction of sp³-hybridized carbons (Fsp3) is 0.667. The van der Waals surface area contributed by atoms with Crippen LogP contribution in [0.3, 0.4) is 0 Å². The molecule has 0 bridgehead atoms. The first-order chi connectivity index (χ1) is 7.33. The third-order valence-corrected chi connectivity index (χ3v) is 3.51. The van der Waals surface area contributed by atoms with Crippen molar-refractivity contribution in [3.8, 4) is 0 Å². The van der Waals surface area contributed by atoms with Crippen LogP contribution in [0.2, 0.25) is 0 Å². The average Bonchev–Trinajstić information content (AvgIpc) is 2.81. The van der Waals surface area contributed by atoms with Crippen molar-refractivity contribution < 1.29 is 0 Å². The molecule has 1 fully saturated rings. The molecule has 0 aliphatic carbocycles. The minimum Gasteiger partial charge on any atom is -0.364 e. The van der Waals surface area contributed by atoms with Crippen LogP contribution < -0.4 is 5.73 Å². The van der Waals surface area contributed by atoms with Crippen molar-refractivity contribution in [1.82, 2.24) is 9.88 Å². The quantitative estimate of drug-likeness (QED) is 0.795. The molecule has 0 amide bonds. The Balaban J connectivity index is 2.07. The first-order valence-corrected chi connectivity index (χ1v) is 5.92. The smallest absolute Gasteiger partial charge is 0.0473 e. The zero-order valence-corrected chi connectivity index (χ0v) is 9.45. The number of piperidine rings is 1. The second-order valence-corrected chi connectivity index (χ2v) is 4.42. The van der Waals surface area contributed by atoms with Crippen molar-refractivity contribution in [3.63, 3.8) is 0 Å². The summed E-state index contributed by atoms with van der Waals surface area (Å²) in [6.45, 7) is 4.23. The number of nitrogens with one attached hydrogen (secondary N) is 1. The number of hydrogen-bond donors (Lipinski definition) is 2. The molecule has 1 aliphatic rings. The number of aromatic nitrogens is 1. The summed E-state index contributed by atoms with van der Waals surface area (Å²) in [5.41, 5.74) is 7.13. The normalized spacial score (nSPS) is 25.3. The molecule has 0 aromatic carbocycles. The van der Waals surface area contributed by atoms with E-state index >= 15 is 0 Å². The van der Waals surface area contributed by atoms with Crippen LogP contribution in [0, 0.1) is 0 Å². The van der Waals surface area contributed by atoms with Crippen LogP contribution in [0.4, 0.5) is 0 Å². The molecule has 1 saturated heterocycles. The van der Waals surface area contributed by atoms with E-state index in [0.29, 0.717) is 12.1 Å². The zero-order valence-electron chi connectivity index (χ0n) is 9.45. The minimum absolute atomic E-state index is 0.467. The van der Waals surface area contributed by atoms with Gasteiger partial charge in [-0.25, -0.2) is 0 Å². The van der Waals surface area contributed by atoms with Crippen LogP contribution >= 0.6 is 0 Å². The van der Waals surface area contributed by atoms with Crippen molar-refractivity contribution in [3.05, 3.63) is 24.0 Å². The van der Waals surface area contributed by atoms with Crippen molar-refractivity contribution in [1.29, 1.82) is 0 Å². The Labute approximate surface area is 91.7 Å². The van der Waals surface area contributed by atoms with Gasteiger partial charge in [-0.05, 0) is 38.4 Å². The number of H-pyrrole nitrogens is 1. The van der Waals surface area contributed by atoms with E-state index in [1.54, 1.807) is 0 Å². The maximum atomic E-state index is 5.83. The van der Waals surface area contributed by atoms with Crippen LogP contribution in [0.25, 0.3) is 0 Å². The number of nitrogens with two attached hydrogens (primary N) is 1. The van der Waals surface area contributed by atoms with Gasteiger partial charge in [0.1, 0.15) is 0 Å². The van der Waals surface area contributed by atoms with Gasteiger partial charge < -0.3 is 10.7 Å². The fourth-order valence-electron chi connectivity index (χ4n) is 2.57. The van der Waals surface area contributed by atoms with Gasteiger partial charge >= 0.3 is 0 Å². The lowest BCUT2D eigenvalue weighted by Crippen LogP contribution is -2.45. The largest absolute Gasteiger partial charge is 0.364 e. The summed E-state index contributed by atoms with van der Waals surface area (Å²) < 4.78 is 0. The molecule has 0 spiro atoms. The van der Waals surface area contributed by atoms with Gasteiger partial charge in [0.15, 0.2) is 0 Å². The number of nitrogens with zero attached hydrogens (tertiary/aromatic N) is 1. The van der Waals surface area contributed by atoms with E-state index in [0.717, 1.165) is 6.54 Å². The molecule has 2 atom stereocenters. The number of aromatic amines is 1. The van der Waals surface area contributed by atoms with E-state index in [9.17, 15) is 0 Å². The van der Waals surface area contributed by atoms with Crippen LogP contribution in [0.5, 0.6) is 0 Å². The summed E-state index contributed by atoms with van der Waals surface area (Å²) in [4.78, 5) is 5.83. The molecule has 15 heavy (non-hydrogen) atoms. The van der Waals surface area contributed by atoms with Crippen molar-refractivity contribution in [2.45, 2.75) is 38.3 Å². The maximum absolute atomic E-state index is 5.83. The number of likely N-dealkylation sites (tertiary alicyclic amines) is 1. The predicted octanol–water partition coefficient (Wildman–Crippen LogP) is 1.89. The maximum Gasteiger partial charge on any atom is 0.0473 e. The summed E-state index contributed by atoms with van der Waals surface area (Å²) in [6.07, 6.45) is 5.88. The van der Waals surface area contributed by atoms with Gasteiger partial charge in [0.25, 0.3) is 0 Å². The van der Waals surface area contributed by atoms with Gasteiger partial charge in [-0.2, -0.15) is 0 Å². The van der Waals surface area contributed by atoms with Crippen molar-refractivity contribution in [2.75, 3.05) is 13.1 Å². The second-order valence-electron chi connectivity index (χ2n) is 4.42. The Bertz CT molecular complexity index is 281. The topological polar surface area (TPSA) is 45.0 Å². The SMILES string of the molecule is C[C@H](c1ccc[nH]1)N1CCCC[C@H]1CN.